The van der Waals surface area contributed by atoms with Gasteiger partial charge >= 0.3 is 0 Å². The maximum atomic E-state index is 6.34. The molecule has 0 atom stereocenters. The molecular weight excluding hydrogens is 414 g/mol. The van der Waals surface area contributed by atoms with Crippen molar-refractivity contribution in [3.8, 4) is 17.0 Å². The lowest BCUT2D eigenvalue weighted by molar-refractivity contribution is 0.260. The summed E-state index contributed by atoms with van der Waals surface area (Å²) in [5.41, 5.74) is 10.1. The van der Waals surface area contributed by atoms with E-state index in [2.05, 4.69) is 45.2 Å². The smallest absolute Gasteiger partial charge is 0.228 e. The molecule has 0 saturated carbocycles. The van der Waals surface area contributed by atoms with Gasteiger partial charge in [0.15, 0.2) is 5.65 Å². The summed E-state index contributed by atoms with van der Waals surface area (Å²) in [6.45, 7) is 4.77. The fourth-order valence-electron chi connectivity index (χ4n) is 4.33. The van der Waals surface area contributed by atoms with E-state index in [1.807, 2.05) is 31.3 Å². The summed E-state index contributed by atoms with van der Waals surface area (Å²) in [4.78, 5) is 14.5. The molecule has 8 heteroatoms. The number of fused-ring (bicyclic) bond motifs is 1. The number of benzene rings is 2. The van der Waals surface area contributed by atoms with E-state index in [-0.39, 0.29) is 0 Å². The molecule has 1 aliphatic rings. The Balaban J connectivity index is 1.39. The molecule has 8 nitrogen and oxygen atoms in total. The van der Waals surface area contributed by atoms with E-state index in [0.717, 1.165) is 61.5 Å². The van der Waals surface area contributed by atoms with Crippen LogP contribution >= 0.6 is 0 Å². The van der Waals surface area contributed by atoms with Gasteiger partial charge < -0.3 is 15.4 Å². The van der Waals surface area contributed by atoms with Gasteiger partial charge in [-0.15, -0.1) is 0 Å². The Morgan fingerprint density at radius 3 is 2.52 bits per heavy atom. The average molecular weight is 444 g/mol. The number of anilines is 2. The van der Waals surface area contributed by atoms with E-state index in [0.29, 0.717) is 17.4 Å². The Kier molecular flexibility index (Phi) is 5.83. The summed E-state index contributed by atoms with van der Waals surface area (Å²) in [6.07, 6.45) is 1.07. The number of nitrogens with two attached hydrogens (primary N) is 1. The van der Waals surface area contributed by atoms with E-state index in [1.165, 1.54) is 5.56 Å². The van der Waals surface area contributed by atoms with E-state index in [4.69, 9.17) is 20.4 Å². The molecule has 0 radical (unpaired) electrons. The average Bonchev–Trinajstić information content (AvgIpc) is 3.16. The SMILES string of the molecule is COc1cccc(-c2nc(N3CCN(CCc4ccccc4)CC3)nc3nn(C)c(N)c23)c1. The van der Waals surface area contributed by atoms with Crippen molar-refractivity contribution >= 4 is 22.8 Å². The molecule has 0 unspecified atom stereocenters. The molecule has 2 aromatic carbocycles. The Bertz CT molecular complexity index is 1250. The molecule has 1 aliphatic heterocycles. The quantitative estimate of drug-likeness (QED) is 0.490. The molecule has 0 aliphatic carbocycles. The van der Waals surface area contributed by atoms with Gasteiger partial charge in [0.1, 0.15) is 11.6 Å². The number of rotatable bonds is 6. The highest BCUT2D eigenvalue weighted by Gasteiger charge is 2.23. The topological polar surface area (TPSA) is 85.3 Å². The minimum atomic E-state index is 0.556. The van der Waals surface area contributed by atoms with Crippen LogP contribution in [0.25, 0.3) is 22.3 Å². The van der Waals surface area contributed by atoms with E-state index in [1.54, 1.807) is 11.8 Å². The zero-order valence-electron chi connectivity index (χ0n) is 19.1. The summed E-state index contributed by atoms with van der Waals surface area (Å²) in [7, 11) is 3.49. The molecule has 2 N–H and O–H groups in total. The van der Waals surface area contributed by atoms with Crippen LogP contribution in [0.5, 0.6) is 5.75 Å². The number of methoxy groups -OCH3 is 1. The number of hydrogen-bond acceptors (Lipinski definition) is 7. The molecular formula is C25H29N7O. The number of hydrogen-bond donors (Lipinski definition) is 1. The van der Waals surface area contributed by atoms with Gasteiger partial charge in [0.05, 0.1) is 18.2 Å². The van der Waals surface area contributed by atoms with Crippen LogP contribution < -0.4 is 15.4 Å². The third kappa shape index (κ3) is 4.34. The van der Waals surface area contributed by atoms with Gasteiger partial charge in [-0.25, -0.2) is 4.98 Å². The van der Waals surface area contributed by atoms with E-state index >= 15 is 0 Å². The highest BCUT2D eigenvalue weighted by molar-refractivity contribution is 5.99. The molecule has 33 heavy (non-hydrogen) atoms. The second kappa shape index (κ2) is 9.07. The van der Waals surface area contributed by atoms with Crippen LogP contribution in [0.4, 0.5) is 11.8 Å². The van der Waals surface area contributed by atoms with Crippen molar-refractivity contribution in [2.24, 2.45) is 7.05 Å². The van der Waals surface area contributed by atoms with Crippen LogP contribution in [-0.4, -0.2) is 64.5 Å². The Hall–Kier alpha value is -3.65. The summed E-state index contributed by atoms with van der Waals surface area (Å²) in [5, 5.41) is 5.32. The minimum absolute atomic E-state index is 0.556. The lowest BCUT2D eigenvalue weighted by atomic mass is 10.1. The summed E-state index contributed by atoms with van der Waals surface area (Å²) in [6, 6.07) is 18.5. The van der Waals surface area contributed by atoms with Gasteiger partial charge in [-0.05, 0) is 24.1 Å². The third-order valence-electron chi connectivity index (χ3n) is 6.29. The molecule has 2 aromatic heterocycles. The van der Waals surface area contributed by atoms with Gasteiger partial charge in [0.2, 0.25) is 5.95 Å². The van der Waals surface area contributed by atoms with Crippen molar-refractivity contribution < 1.29 is 4.74 Å². The van der Waals surface area contributed by atoms with Crippen molar-refractivity contribution in [3.05, 3.63) is 60.2 Å². The number of aryl methyl sites for hydroxylation is 1. The molecule has 0 amide bonds. The van der Waals surface area contributed by atoms with E-state index < -0.39 is 0 Å². The van der Waals surface area contributed by atoms with Crippen molar-refractivity contribution in [1.29, 1.82) is 0 Å². The monoisotopic (exact) mass is 443 g/mol. The van der Waals surface area contributed by atoms with Crippen LogP contribution in [0.15, 0.2) is 54.6 Å². The van der Waals surface area contributed by atoms with Gasteiger partial charge in [0.25, 0.3) is 0 Å². The molecule has 0 bridgehead atoms. The first kappa shape index (κ1) is 21.2. The first-order valence-electron chi connectivity index (χ1n) is 11.3. The van der Waals surface area contributed by atoms with Crippen molar-refractivity contribution in [2.45, 2.75) is 6.42 Å². The molecule has 5 rings (SSSR count). The van der Waals surface area contributed by atoms with Crippen LogP contribution in [0.2, 0.25) is 0 Å². The molecule has 3 heterocycles. The predicted octanol–water partition coefficient (Wildman–Crippen LogP) is 2.99. The lowest BCUT2D eigenvalue weighted by Crippen LogP contribution is -2.47. The normalized spacial score (nSPS) is 14.7. The van der Waals surface area contributed by atoms with Crippen LogP contribution in [0, 0.1) is 0 Å². The molecule has 1 fully saturated rings. The van der Waals surface area contributed by atoms with Crippen molar-refractivity contribution in [3.63, 3.8) is 0 Å². The second-order valence-corrected chi connectivity index (χ2v) is 8.38. The number of nitrogen functional groups attached to an aromatic ring is 1. The molecule has 4 aromatic rings. The van der Waals surface area contributed by atoms with Gasteiger partial charge in [-0.1, -0.05) is 42.5 Å². The largest absolute Gasteiger partial charge is 0.497 e. The predicted molar refractivity (Wildman–Crippen MR) is 132 cm³/mol. The first-order chi connectivity index (χ1) is 16.1. The first-order valence-corrected chi connectivity index (χ1v) is 11.3. The fourth-order valence-corrected chi connectivity index (χ4v) is 4.33. The highest BCUT2D eigenvalue weighted by Crippen LogP contribution is 2.33. The van der Waals surface area contributed by atoms with Crippen LogP contribution in [0.3, 0.4) is 0 Å². The third-order valence-corrected chi connectivity index (χ3v) is 6.29. The zero-order chi connectivity index (χ0) is 22.8. The summed E-state index contributed by atoms with van der Waals surface area (Å²) >= 11 is 0. The van der Waals surface area contributed by atoms with Crippen LogP contribution in [0.1, 0.15) is 5.56 Å². The second-order valence-electron chi connectivity index (χ2n) is 8.38. The van der Waals surface area contributed by atoms with Gasteiger partial charge in [-0.3, -0.25) is 9.58 Å². The van der Waals surface area contributed by atoms with Gasteiger partial charge in [-0.2, -0.15) is 10.1 Å². The maximum absolute atomic E-state index is 6.34. The number of nitrogens with zero attached hydrogens (tertiary/aromatic N) is 6. The Morgan fingerprint density at radius 1 is 0.970 bits per heavy atom. The Labute approximate surface area is 193 Å². The maximum Gasteiger partial charge on any atom is 0.228 e. The van der Waals surface area contributed by atoms with Crippen molar-refractivity contribution in [1.82, 2.24) is 24.6 Å². The lowest BCUT2D eigenvalue weighted by Gasteiger charge is -2.34. The molecule has 1 saturated heterocycles. The van der Waals surface area contributed by atoms with Crippen LogP contribution in [-0.2, 0) is 13.5 Å². The summed E-state index contributed by atoms with van der Waals surface area (Å²) in [5.74, 6) is 2.02. The fraction of sp³-hybridized carbons (Fsp3) is 0.320. The number of ether oxygens (including phenoxy) is 1. The molecule has 170 valence electrons. The standard InChI is InChI=1S/C25H29N7O/c1-30-23(26)21-22(19-9-6-10-20(17-19)33-2)27-25(28-24(21)29-30)32-15-13-31(14-16-32)12-11-18-7-4-3-5-8-18/h3-10,17H,11-16,26H2,1-2H3. The van der Waals surface area contributed by atoms with Crippen molar-refractivity contribution in [2.75, 3.05) is 50.5 Å². The summed E-state index contributed by atoms with van der Waals surface area (Å²) < 4.78 is 7.09. The highest BCUT2D eigenvalue weighted by atomic mass is 16.5. The minimum Gasteiger partial charge on any atom is -0.497 e. The number of piperazine rings is 1. The molecule has 0 spiro atoms. The van der Waals surface area contributed by atoms with Gasteiger partial charge in [0, 0.05) is 45.3 Å². The Morgan fingerprint density at radius 2 is 1.76 bits per heavy atom. The number of aromatic nitrogens is 4. The zero-order valence-corrected chi connectivity index (χ0v) is 19.1. The van der Waals surface area contributed by atoms with E-state index in [9.17, 15) is 0 Å².